The van der Waals surface area contributed by atoms with Gasteiger partial charge >= 0.3 is 6.18 Å². The number of rotatable bonds is 1. The van der Waals surface area contributed by atoms with E-state index in [2.05, 4.69) is 10.1 Å². The van der Waals surface area contributed by atoms with Crippen LogP contribution in [0.2, 0.25) is 0 Å². The van der Waals surface area contributed by atoms with E-state index >= 15 is 0 Å². The molecule has 1 aromatic carbocycles. The lowest BCUT2D eigenvalue weighted by Crippen LogP contribution is -2.07. The fraction of sp³-hybridized carbons (Fsp3) is 0.0769. The minimum absolute atomic E-state index is 0.125. The standard InChI is InChI=1S/C13H7F4N3/c14-11-2-1-3-12-10(11)7-19-20(12)9-4-8(5-18-6-9)13(15,16)17/h1-7H. The average Bonchev–Trinajstić information content (AvgIpc) is 2.83. The van der Waals surface area contributed by atoms with Crippen molar-refractivity contribution in [3.8, 4) is 5.69 Å². The number of hydrogen-bond acceptors (Lipinski definition) is 2. The van der Waals surface area contributed by atoms with E-state index in [1.165, 1.54) is 29.2 Å². The fourth-order valence-corrected chi connectivity index (χ4v) is 1.92. The van der Waals surface area contributed by atoms with Gasteiger partial charge in [-0.05, 0) is 18.2 Å². The van der Waals surface area contributed by atoms with Crippen molar-refractivity contribution >= 4 is 10.9 Å². The van der Waals surface area contributed by atoms with Gasteiger partial charge in [0.15, 0.2) is 0 Å². The molecule has 0 N–H and O–H groups in total. The second-order valence-electron chi connectivity index (χ2n) is 4.16. The quantitative estimate of drug-likeness (QED) is 0.638. The van der Waals surface area contributed by atoms with Gasteiger partial charge in [0.05, 0.1) is 34.5 Å². The number of halogens is 4. The van der Waals surface area contributed by atoms with Gasteiger partial charge in [0, 0.05) is 6.20 Å². The van der Waals surface area contributed by atoms with Crippen molar-refractivity contribution in [1.29, 1.82) is 0 Å². The van der Waals surface area contributed by atoms with Crippen LogP contribution < -0.4 is 0 Å². The maximum Gasteiger partial charge on any atom is 0.417 e. The van der Waals surface area contributed by atoms with Crippen molar-refractivity contribution < 1.29 is 17.6 Å². The second-order valence-corrected chi connectivity index (χ2v) is 4.16. The van der Waals surface area contributed by atoms with Gasteiger partial charge in [-0.3, -0.25) is 4.98 Å². The summed E-state index contributed by atoms with van der Waals surface area (Å²) in [5.74, 6) is -0.478. The van der Waals surface area contributed by atoms with Crippen molar-refractivity contribution in [2.45, 2.75) is 6.18 Å². The summed E-state index contributed by atoms with van der Waals surface area (Å²) >= 11 is 0. The van der Waals surface area contributed by atoms with E-state index in [9.17, 15) is 17.6 Å². The van der Waals surface area contributed by atoms with Gasteiger partial charge < -0.3 is 0 Å². The molecule has 0 fully saturated rings. The van der Waals surface area contributed by atoms with Gasteiger partial charge in [-0.1, -0.05) is 6.07 Å². The van der Waals surface area contributed by atoms with Crippen LogP contribution in [-0.2, 0) is 6.18 Å². The summed E-state index contributed by atoms with van der Waals surface area (Å²) in [6.45, 7) is 0. The summed E-state index contributed by atoms with van der Waals surface area (Å²) in [5, 5.41) is 4.16. The summed E-state index contributed by atoms with van der Waals surface area (Å²) in [6.07, 6.45) is -1.25. The van der Waals surface area contributed by atoms with Crippen LogP contribution in [0.3, 0.4) is 0 Å². The Hall–Kier alpha value is -2.44. The van der Waals surface area contributed by atoms with Crippen molar-refractivity contribution in [3.63, 3.8) is 0 Å². The van der Waals surface area contributed by atoms with Crippen molar-refractivity contribution in [2.75, 3.05) is 0 Å². The number of nitrogens with zero attached hydrogens (tertiary/aromatic N) is 3. The topological polar surface area (TPSA) is 30.7 Å². The smallest absolute Gasteiger partial charge is 0.262 e. The Balaban J connectivity index is 2.19. The molecule has 3 nitrogen and oxygen atoms in total. The first-order chi connectivity index (χ1) is 9.47. The lowest BCUT2D eigenvalue weighted by atomic mass is 10.2. The molecule has 3 aromatic rings. The summed E-state index contributed by atoms with van der Waals surface area (Å²) in [4.78, 5) is 3.56. The maximum absolute atomic E-state index is 13.5. The molecule has 2 aromatic heterocycles. The van der Waals surface area contributed by atoms with Gasteiger partial charge in [-0.15, -0.1) is 0 Å². The first-order valence-corrected chi connectivity index (χ1v) is 5.62. The molecule has 0 aliphatic carbocycles. The average molecular weight is 281 g/mol. The molecule has 0 radical (unpaired) electrons. The van der Waals surface area contributed by atoms with Gasteiger partial charge in [-0.2, -0.15) is 18.3 Å². The third kappa shape index (κ3) is 2.01. The molecule has 7 heteroatoms. The van der Waals surface area contributed by atoms with Gasteiger partial charge in [0.1, 0.15) is 5.82 Å². The molecule has 102 valence electrons. The zero-order valence-corrected chi connectivity index (χ0v) is 9.89. The molecule has 2 heterocycles. The molecule has 0 saturated carbocycles. The largest absolute Gasteiger partial charge is 0.417 e. The third-order valence-electron chi connectivity index (χ3n) is 2.86. The number of hydrogen-bond donors (Lipinski definition) is 0. The molecule has 0 aliphatic heterocycles. The van der Waals surface area contributed by atoms with Crippen molar-refractivity contribution in [3.05, 3.63) is 54.2 Å². The van der Waals surface area contributed by atoms with Crippen LogP contribution >= 0.6 is 0 Å². The first kappa shape index (κ1) is 12.6. The Morgan fingerprint density at radius 2 is 1.85 bits per heavy atom. The molecular weight excluding hydrogens is 274 g/mol. The van der Waals surface area contributed by atoms with E-state index in [0.29, 0.717) is 5.52 Å². The summed E-state index contributed by atoms with van der Waals surface area (Å²) in [5.41, 5.74) is -0.374. The molecule has 0 unspecified atom stereocenters. The van der Waals surface area contributed by atoms with E-state index in [-0.39, 0.29) is 11.1 Å². The zero-order valence-electron chi connectivity index (χ0n) is 9.89. The lowest BCUT2D eigenvalue weighted by Gasteiger charge is -2.08. The Morgan fingerprint density at radius 3 is 2.60 bits per heavy atom. The van der Waals surface area contributed by atoms with Crippen LogP contribution in [0.25, 0.3) is 16.6 Å². The Kier molecular flexibility index (Phi) is 2.70. The molecule has 20 heavy (non-hydrogen) atoms. The number of aromatic nitrogens is 3. The SMILES string of the molecule is Fc1cccc2c1cnn2-c1cncc(C(F)(F)F)c1. The Bertz CT molecular complexity index is 777. The van der Waals surface area contributed by atoms with Crippen molar-refractivity contribution in [2.24, 2.45) is 0 Å². The molecule has 0 atom stereocenters. The van der Waals surface area contributed by atoms with E-state index in [4.69, 9.17) is 0 Å². The highest BCUT2D eigenvalue weighted by Crippen LogP contribution is 2.30. The van der Waals surface area contributed by atoms with Gasteiger partial charge in [-0.25, -0.2) is 9.07 Å². The molecule has 3 rings (SSSR count). The van der Waals surface area contributed by atoms with Gasteiger partial charge in [0.25, 0.3) is 0 Å². The monoisotopic (exact) mass is 281 g/mol. The Labute approximate surface area is 110 Å². The van der Waals surface area contributed by atoms with Crippen LogP contribution in [0.15, 0.2) is 42.9 Å². The Morgan fingerprint density at radius 1 is 1.05 bits per heavy atom. The first-order valence-electron chi connectivity index (χ1n) is 5.62. The molecule has 0 aliphatic rings. The van der Waals surface area contributed by atoms with E-state index < -0.39 is 17.6 Å². The highest BCUT2D eigenvalue weighted by atomic mass is 19.4. The van der Waals surface area contributed by atoms with Crippen LogP contribution in [0.1, 0.15) is 5.56 Å². The summed E-state index contributed by atoms with van der Waals surface area (Å²) in [6, 6.07) is 5.23. The predicted molar refractivity (Wildman–Crippen MR) is 63.8 cm³/mol. The van der Waals surface area contributed by atoms with Crippen LogP contribution in [0.4, 0.5) is 17.6 Å². The second kappa shape index (κ2) is 4.29. The summed E-state index contributed by atoms with van der Waals surface area (Å²) in [7, 11) is 0. The number of benzene rings is 1. The van der Waals surface area contributed by atoms with Crippen molar-refractivity contribution in [1.82, 2.24) is 14.8 Å². The van der Waals surface area contributed by atoms with E-state index in [1.54, 1.807) is 6.07 Å². The highest BCUT2D eigenvalue weighted by Gasteiger charge is 2.31. The maximum atomic E-state index is 13.5. The van der Waals surface area contributed by atoms with Gasteiger partial charge in [0.2, 0.25) is 0 Å². The van der Waals surface area contributed by atoms with Crippen LogP contribution in [0, 0.1) is 5.82 Å². The van der Waals surface area contributed by atoms with Crippen LogP contribution in [-0.4, -0.2) is 14.8 Å². The fourth-order valence-electron chi connectivity index (χ4n) is 1.92. The third-order valence-corrected chi connectivity index (χ3v) is 2.86. The van der Waals surface area contributed by atoms with E-state index in [1.807, 2.05) is 0 Å². The lowest BCUT2D eigenvalue weighted by molar-refractivity contribution is -0.137. The number of pyridine rings is 1. The predicted octanol–water partition coefficient (Wildman–Crippen LogP) is 3.58. The minimum atomic E-state index is -4.49. The minimum Gasteiger partial charge on any atom is -0.262 e. The number of alkyl halides is 3. The molecule has 0 spiro atoms. The van der Waals surface area contributed by atoms with E-state index in [0.717, 1.165) is 12.3 Å². The summed E-state index contributed by atoms with van der Waals surface area (Å²) < 4.78 is 52.7. The molecular formula is C13H7F4N3. The van der Waals surface area contributed by atoms with Crippen LogP contribution in [0.5, 0.6) is 0 Å². The molecule has 0 bridgehead atoms. The highest BCUT2D eigenvalue weighted by molar-refractivity contribution is 5.80. The normalized spacial score (nSPS) is 12.0. The molecule has 0 amide bonds. The zero-order chi connectivity index (χ0) is 14.3. The molecule has 0 saturated heterocycles. The number of fused-ring (bicyclic) bond motifs is 1.